The summed E-state index contributed by atoms with van der Waals surface area (Å²) in [6, 6.07) is 12.1. The fourth-order valence-corrected chi connectivity index (χ4v) is 1.70. The molecule has 0 aliphatic carbocycles. The molecule has 4 heteroatoms. The Kier molecular flexibility index (Phi) is 3.57. The van der Waals surface area contributed by atoms with Gasteiger partial charge in [0.15, 0.2) is 0 Å². The molecule has 0 saturated heterocycles. The molecular weight excluding hydrogens is 230 g/mol. The van der Waals surface area contributed by atoms with Crippen LogP contribution in [0.25, 0.3) is 0 Å². The number of hydrogen-bond acceptors (Lipinski definition) is 3. The Hall–Kier alpha value is -2.36. The maximum absolute atomic E-state index is 11.6. The third kappa shape index (κ3) is 2.66. The van der Waals surface area contributed by atoms with Gasteiger partial charge in [-0.05, 0) is 23.8 Å². The van der Waals surface area contributed by atoms with Crippen LogP contribution >= 0.6 is 0 Å². The average Bonchev–Trinajstić information content (AvgIpc) is 2.41. The van der Waals surface area contributed by atoms with E-state index in [0.29, 0.717) is 12.1 Å². The molecule has 18 heavy (non-hydrogen) atoms. The number of carbonyl (C=O) groups is 1. The maximum atomic E-state index is 11.6. The number of benzene rings is 1. The molecular formula is C14H13NO3. The zero-order valence-electron chi connectivity index (χ0n) is 10.00. The van der Waals surface area contributed by atoms with Crippen LogP contribution in [0.4, 0.5) is 0 Å². The van der Waals surface area contributed by atoms with Crippen molar-refractivity contribution in [1.29, 1.82) is 0 Å². The number of methoxy groups -OCH3 is 1. The molecule has 0 aliphatic rings. The van der Waals surface area contributed by atoms with Gasteiger partial charge in [0.2, 0.25) is 0 Å². The van der Waals surface area contributed by atoms with Gasteiger partial charge in [0.05, 0.1) is 19.2 Å². The molecule has 0 spiro atoms. The molecule has 1 aromatic carbocycles. The van der Waals surface area contributed by atoms with Crippen LogP contribution in [0.5, 0.6) is 0 Å². The van der Waals surface area contributed by atoms with Crippen molar-refractivity contribution < 1.29 is 9.53 Å². The molecule has 92 valence electrons. The van der Waals surface area contributed by atoms with Crippen molar-refractivity contribution in [3.05, 3.63) is 70.1 Å². The van der Waals surface area contributed by atoms with E-state index in [1.54, 1.807) is 41.1 Å². The van der Waals surface area contributed by atoms with E-state index in [1.165, 1.54) is 13.2 Å². The first-order chi connectivity index (χ1) is 8.70. The number of rotatable bonds is 3. The summed E-state index contributed by atoms with van der Waals surface area (Å²) in [5, 5.41) is 0. The molecule has 1 heterocycles. The van der Waals surface area contributed by atoms with Crippen molar-refractivity contribution >= 4 is 5.97 Å². The van der Waals surface area contributed by atoms with Crippen LogP contribution in [0.2, 0.25) is 0 Å². The molecule has 0 saturated carbocycles. The van der Waals surface area contributed by atoms with Gasteiger partial charge in [0.25, 0.3) is 5.56 Å². The number of nitrogens with zero attached hydrogens (tertiary/aromatic N) is 1. The first kappa shape index (κ1) is 12.1. The van der Waals surface area contributed by atoms with Crippen LogP contribution in [0, 0.1) is 0 Å². The third-order valence-electron chi connectivity index (χ3n) is 2.60. The fraction of sp³-hybridized carbons (Fsp3) is 0.143. The zero-order chi connectivity index (χ0) is 13.0. The minimum Gasteiger partial charge on any atom is -0.465 e. The van der Waals surface area contributed by atoms with E-state index in [-0.39, 0.29) is 11.5 Å². The van der Waals surface area contributed by atoms with Gasteiger partial charge in [0, 0.05) is 12.3 Å². The highest BCUT2D eigenvalue weighted by Gasteiger charge is 2.05. The minimum absolute atomic E-state index is 0.0685. The molecule has 0 atom stereocenters. The summed E-state index contributed by atoms with van der Waals surface area (Å²) < 4.78 is 6.24. The monoisotopic (exact) mass is 243 g/mol. The molecule has 0 bridgehead atoms. The minimum atomic E-state index is -0.378. The van der Waals surface area contributed by atoms with E-state index in [0.717, 1.165) is 5.56 Å². The van der Waals surface area contributed by atoms with Crippen molar-refractivity contribution in [1.82, 2.24) is 4.57 Å². The summed E-state index contributed by atoms with van der Waals surface area (Å²) in [5.74, 6) is -0.378. The lowest BCUT2D eigenvalue weighted by molar-refractivity contribution is 0.0600. The second-order valence-electron chi connectivity index (χ2n) is 3.86. The first-order valence-electron chi connectivity index (χ1n) is 5.53. The number of aromatic nitrogens is 1. The van der Waals surface area contributed by atoms with Crippen LogP contribution in [-0.2, 0) is 11.3 Å². The molecule has 0 fully saturated rings. The summed E-state index contributed by atoms with van der Waals surface area (Å²) in [4.78, 5) is 23.0. The number of pyridine rings is 1. The summed E-state index contributed by atoms with van der Waals surface area (Å²) in [6.07, 6.45) is 1.72. The summed E-state index contributed by atoms with van der Waals surface area (Å²) in [6.45, 7) is 0.435. The molecule has 0 aliphatic heterocycles. The largest absolute Gasteiger partial charge is 0.465 e. The van der Waals surface area contributed by atoms with E-state index >= 15 is 0 Å². The third-order valence-corrected chi connectivity index (χ3v) is 2.60. The quantitative estimate of drug-likeness (QED) is 0.771. The lowest BCUT2D eigenvalue weighted by Gasteiger charge is -2.06. The van der Waals surface area contributed by atoms with Crippen molar-refractivity contribution in [2.75, 3.05) is 7.11 Å². The van der Waals surface area contributed by atoms with Gasteiger partial charge in [-0.2, -0.15) is 0 Å². The molecule has 0 amide bonds. The number of hydrogen-bond donors (Lipinski definition) is 0. The lowest BCUT2D eigenvalue weighted by Crippen LogP contribution is -2.18. The Bertz CT molecular complexity index is 616. The van der Waals surface area contributed by atoms with Gasteiger partial charge in [-0.25, -0.2) is 4.79 Å². The van der Waals surface area contributed by atoms with Crippen molar-refractivity contribution in [2.45, 2.75) is 6.54 Å². The molecule has 1 aromatic heterocycles. The standard InChI is InChI=1S/C14H13NO3/c1-18-14(17)12-6-4-5-11(9-12)10-15-8-3-2-7-13(15)16/h2-9H,10H2,1H3. The van der Waals surface area contributed by atoms with Crippen molar-refractivity contribution in [3.63, 3.8) is 0 Å². The number of esters is 1. The SMILES string of the molecule is COC(=O)c1cccc(Cn2ccccc2=O)c1. The molecule has 2 aromatic rings. The van der Waals surface area contributed by atoms with Crippen LogP contribution in [0.1, 0.15) is 15.9 Å². The van der Waals surface area contributed by atoms with E-state index in [2.05, 4.69) is 4.74 Å². The summed E-state index contributed by atoms with van der Waals surface area (Å²) >= 11 is 0. The zero-order valence-corrected chi connectivity index (χ0v) is 10.00. The Labute approximate surface area is 104 Å². The normalized spacial score (nSPS) is 10.1. The van der Waals surface area contributed by atoms with Gasteiger partial charge in [0.1, 0.15) is 0 Å². The predicted octanol–water partition coefficient (Wildman–Crippen LogP) is 1.68. The molecule has 0 radical (unpaired) electrons. The van der Waals surface area contributed by atoms with Crippen LogP contribution in [0.3, 0.4) is 0 Å². The average molecular weight is 243 g/mol. The Morgan fingerprint density at radius 2 is 2.06 bits per heavy atom. The predicted molar refractivity (Wildman–Crippen MR) is 67.6 cm³/mol. The summed E-state index contributed by atoms with van der Waals surface area (Å²) in [7, 11) is 1.34. The second-order valence-corrected chi connectivity index (χ2v) is 3.86. The van der Waals surface area contributed by atoms with Gasteiger partial charge in [-0.15, -0.1) is 0 Å². The second kappa shape index (κ2) is 5.31. The molecule has 2 rings (SSSR count). The van der Waals surface area contributed by atoms with Crippen LogP contribution in [0.15, 0.2) is 53.5 Å². The number of carbonyl (C=O) groups excluding carboxylic acids is 1. The Morgan fingerprint density at radius 3 is 2.78 bits per heavy atom. The number of ether oxygens (including phenoxy) is 1. The van der Waals surface area contributed by atoms with Gasteiger partial charge >= 0.3 is 5.97 Å². The molecule has 0 N–H and O–H groups in total. The van der Waals surface area contributed by atoms with E-state index < -0.39 is 0 Å². The highest BCUT2D eigenvalue weighted by molar-refractivity contribution is 5.89. The highest BCUT2D eigenvalue weighted by atomic mass is 16.5. The maximum Gasteiger partial charge on any atom is 0.337 e. The highest BCUT2D eigenvalue weighted by Crippen LogP contribution is 2.07. The molecule has 0 unspecified atom stereocenters. The Balaban J connectivity index is 2.28. The smallest absolute Gasteiger partial charge is 0.337 e. The van der Waals surface area contributed by atoms with Crippen LogP contribution in [-0.4, -0.2) is 17.6 Å². The van der Waals surface area contributed by atoms with E-state index in [1.807, 2.05) is 6.07 Å². The lowest BCUT2D eigenvalue weighted by atomic mass is 10.1. The van der Waals surface area contributed by atoms with Gasteiger partial charge in [-0.3, -0.25) is 4.79 Å². The van der Waals surface area contributed by atoms with Crippen molar-refractivity contribution in [3.8, 4) is 0 Å². The Morgan fingerprint density at radius 1 is 1.22 bits per heavy atom. The molecule has 4 nitrogen and oxygen atoms in total. The van der Waals surface area contributed by atoms with Gasteiger partial charge in [-0.1, -0.05) is 18.2 Å². The van der Waals surface area contributed by atoms with E-state index in [9.17, 15) is 9.59 Å². The van der Waals surface area contributed by atoms with Crippen molar-refractivity contribution in [2.24, 2.45) is 0 Å². The van der Waals surface area contributed by atoms with Gasteiger partial charge < -0.3 is 9.30 Å². The summed E-state index contributed by atoms with van der Waals surface area (Å²) in [5.41, 5.74) is 1.30. The fourth-order valence-electron chi connectivity index (χ4n) is 1.70. The first-order valence-corrected chi connectivity index (χ1v) is 5.53. The van der Waals surface area contributed by atoms with Crippen LogP contribution < -0.4 is 5.56 Å². The van der Waals surface area contributed by atoms with E-state index in [4.69, 9.17) is 0 Å². The topological polar surface area (TPSA) is 48.3 Å².